The third kappa shape index (κ3) is 4.04. The Morgan fingerprint density at radius 2 is 2.09 bits per heavy atom. The number of hydrogen-bond donors (Lipinski definition) is 1. The molecule has 0 saturated carbocycles. The van der Waals surface area contributed by atoms with Crippen LogP contribution in [0.2, 0.25) is 0 Å². The molecule has 124 valence electrons. The molecule has 2 rings (SSSR count). The lowest BCUT2D eigenvalue weighted by atomic mass is 10.0. The fourth-order valence-electron chi connectivity index (χ4n) is 2.65. The maximum atomic E-state index is 12.8. The summed E-state index contributed by atoms with van der Waals surface area (Å²) in [6, 6.07) is 1.15. The van der Waals surface area contributed by atoms with Crippen LogP contribution in [0.3, 0.4) is 0 Å². The molecule has 1 amide bonds. The summed E-state index contributed by atoms with van der Waals surface area (Å²) in [7, 11) is -3.28. The lowest BCUT2D eigenvalue weighted by molar-refractivity contribution is 0.0359. The van der Waals surface area contributed by atoms with Crippen molar-refractivity contribution in [2.45, 2.75) is 25.3 Å². The summed E-state index contributed by atoms with van der Waals surface area (Å²) in [4.78, 5) is 16.2. The predicted octanol–water partition coefficient (Wildman–Crippen LogP) is 1.15. The van der Waals surface area contributed by atoms with E-state index in [-0.39, 0.29) is 19.1 Å². The van der Waals surface area contributed by atoms with Crippen molar-refractivity contribution >= 4 is 15.9 Å². The highest BCUT2D eigenvalue weighted by Gasteiger charge is 2.32. The van der Waals surface area contributed by atoms with Crippen molar-refractivity contribution in [1.82, 2.24) is 14.2 Å². The summed E-state index contributed by atoms with van der Waals surface area (Å²) < 4.78 is 49.9. The Labute approximate surface area is 128 Å². The zero-order valence-electron chi connectivity index (χ0n) is 12.2. The second kappa shape index (κ2) is 6.74. The molecular formula is C13H19F2N3O3S. The molecular weight excluding hydrogens is 316 g/mol. The fraction of sp³-hybridized carbons (Fsp3) is 0.615. The van der Waals surface area contributed by atoms with E-state index in [9.17, 15) is 22.0 Å². The third-order valence-electron chi connectivity index (χ3n) is 3.77. The van der Waals surface area contributed by atoms with Gasteiger partial charge in [0.2, 0.25) is 10.0 Å². The van der Waals surface area contributed by atoms with Crippen molar-refractivity contribution in [2.75, 3.05) is 25.9 Å². The molecule has 1 fully saturated rings. The van der Waals surface area contributed by atoms with Crippen LogP contribution >= 0.6 is 0 Å². The fourth-order valence-corrected chi connectivity index (χ4v) is 3.53. The number of aromatic nitrogens is 1. The van der Waals surface area contributed by atoms with Gasteiger partial charge in [-0.25, -0.2) is 21.5 Å². The van der Waals surface area contributed by atoms with Gasteiger partial charge in [-0.15, -0.1) is 0 Å². The number of nitrogens with zero attached hydrogens (tertiary/aromatic N) is 2. The summed E-state index contributed by atoms with van der Waals surface area (Å²) >= 11 is 0. The van der Waals surface area contributed by atoms with Gasteiger partial charge in [0.05, 0.1) is 18.4 Å². The molecule has 1 aromatic rings. The van der Waals surface area contributed by atoms with E-state index in [4.69, 9.17) is 0 Å². The number of hydrogen-bond acceptors (Lipinski definition) is 3. The highest BCUT2D eigenvalue weighted by Crippen LogP contribution is 2.21. The van der Waals surface area contributed by atoms with Gasteiger partial charge in [-0.05, 0) is 18.9 Å². The Morgan fingerprint density at radius 1 is 1.45 bits per heavy atom. The molecule has 0 atom stereocenters. The SMILES string of the molecule is CS(=O)(=O)N1CCC(N(CC(F)F)C(=O)c2cc[nH]c2)CC1. The van der Waals surface area contributed by atoms with Crippen LogP contribution in [0.15, 0.2) is 18.5 Å². The Morgan fingerprint density at radius 3 is 2.55 bits per heavy atom. The molecule has 1 aliphatic heterocycles. The Balaban J connectivity index is 2.09. The molecule has 0 aromatic carbocycles. The minimum Gasteiger partial charge on any atom is -0.367 e. The highest BCUT2D eigenvalue weighted by molar-refractivity contribution is 7.88. The van der Waals surface area contributed by atoms with Crippen LogP contribution in [0, 0.1) is 0 Å². The summed E-state index contributed by atoms with van der Waals surface area (Å²) in [5, 5.41) is 0. The van der Waals surface area contributed by atoms with E-state index in [0.717, 1.165) is 11.2 Å². The minimum atomic E-state index is -3.28. The normalized spacial score (nSPS) is 17.8. The first-order valence-corrected chi connectivity index (χ1v) is 8.81. The lowest BCUT2D eigenvalue weighted by Crippen LogP contribution is -2.49. The van der Waals surface area contributed by atoms with Crippen LogP contribution in [0.25, 0.3) is 0 Å². The number of halogens is 2. The number of H-pyrrole nitrogens is 1. The molecule has 22 heavy (non-hydrogen) atoms. The molecule has 0 unspecified atom stereocenters. The molecule has 0 spiro atoms. The van der Waals surface area contributed by atoms with E-state index < -0.39 is 28.9 Å². The van der Waals surface area contributed by atoms with Gasteiger partial charge in [0.15, 0.2) is 0 Å². The van der Waals surface area contributed by atoms with Crippen LogP contribution < -0.4 is 0 Å². The van der Waals surface area contributed by atoms with Gasteiger partial charge in [-0.2, -0.15) is 0 Å². The smallest absolute Gasteiger partial charge is 0.255 e. The number of rotatable bonds is 5. The van der Waals surface area contributed by atoms with Crippen molar-refractivity contribution in [3.8, 4) is 0 Å². The second-order valence-corrected chi connectivity index (χ2v) is 7.32. The number of aromatic amines is 1. The van der Waals surface area contributed by atoms with Gasteiger partial charge in [0, 0.05) is 31.5 Å². The van der Waals surface area contributed by atoms with E-state index in [1.807, 2.05) is 0 Å². The van der Waals surface area contributed by atoms with Crippen molar-refractivity contribution in [3.05, 3.63) is 24.0 Å². The van der Waals surface area contributed by atoms with Gasteiger partial charge in [0.25, 0.3) is 12.3 Å². The number of amides is 1. The minimum absolute atomic E-state index is 0.240. The largest absolute Gasteiger partial charge is 0.367 e. The maximum Gasteiger partial charge on any atom is 0.255 e. The van der Waals surface area contributed by atoms with Crippen molar-refractivity contribution in [1.29, 1.82) is 0 Å². The monoisotopic (exact) mass is 335 g/mol. The van der Waals surface area contributed by atoms with Gasteiger partial charge >= 0.3 is 0 Å². The Bertz CT molecular complexity index is 596. The summed E-state index contributed by atoms with van der Waals surface area (Å²) in [5.41, 5.74) is 0.325. The van der Waals surface area contributed by atoms with Gasteiger partial charge in [-0.3, -0.25) is 4.79 Å². The zero-order valence-corrected chi connectivity index (χ0v) is 13.0. The van der Waals surface area contributed by atoms with Gasteiger partial charge in [0.1, 0.15) is 0 Å². The number of sulfonamides is 1. The van der Waals surface area contributed by atoms with Crippen LogP contribution in [-0.4, -0.2) is 66.9 Å². The van der Waals surface area contributed by atoms with E-state index in [0.29, 0.717) is 18.4 Å². The number of carbonyl (C=O) groups excluding carboxylic acids is 1. The third-order valence-corrected chi connectivity index (χ3v) is 5.08. The molecule has 1 aliphatic rings. The molecule has 9 heteroatoms. The summed E-state index contributed by atoms with van der Waals surface area (Å²) in [6.45, 7) is -0.166. The van der Waals surface area contributed by atoms with E-state index in [2.05, 4.69) is 4.98 Å². The van der Waals surface area contributed by atoms with Crippen LogP contribution in [0.5, 0.6) is 0 Å². The first kappa shape index (κ1) is 16.9. The molecule has 0 radical (unpaired) electrons. The molecule has 1 N–H and O–H groups in total. The first-order chi connectivity index (χ1) is 10.3. The van der Waals surface area contributed by atoms with Crippen molar-refractivity contribution in [3.63, 3.8) is 0 Å². The van der Waals surface area contributed by atoms with Gasteiger partial charge < -0.3 is 9.88 Å². The first-order valence-electron chi connectivity index (χ1n) is 6.96. The molecule has 1 saturated heterocycles. The van der Waals surface area contributed by atoms with Gasteiger partial charge in [-0.1, -0.05) is 0 Å². The zero-order chi connectivity index (χ0) is 16.3. The highest BCUT2D eigenvalue weighted by atomic mass is 32.2. The van der Waals surface area contributed by atoms with Crippen LogP contribution in [0.4, 0.5) is 8.78 Å². The maximum absolute atomic E-state index is 12.8. The van der Waals surface area contributed by atoms with E-state index in [1.165, 1.54) is 16.6 Å². The second-order valence-electron chi connectivity index (χ2n) is 5.34. The molecule has 1 aromatic heterocycles. The van der Waals surface area contributed by atoms with Crippen LogP contribution in [0.1, 0.15) is 23.2 Å². The predicted molar refractivity (Wildman–Crippen MR) is 77.3 cm³/mol. The summed E-state index contributed by atoms with van der Waals surface area (Å²) in [5.74, 6) is -0.459. The Kier molecular flexibility index (Phi) is 5.17. The number of nitrogens with one attached hydrogen (secondary N) is 1. The average molecular weight is 335 g/mol. The lowest BCUT2D eigenvalue weighted by Gasteiger charge is -2.37. The number of piperidine rings is 1. The molecule has 2 heterocycles. The van der Waals surface area contributed by atoms with Crippen molar-refractivity contribution in [2.24, 2.45) is 0 Å². The number of alkyl halides is 2. The standard InChI is InChI=1S/C13H19F2N3O3S/c1-22(20,21)17-6-3-11(4-7-17)18(9-12(14)15)13(19)10-2-5-16-8-10/h2,5,8,11-12,16H,3-4,6-7,9H2,1H3. The average Bonchev–Trinajstić information content (AvgIpc) is 2.97. The van der Waals surface area contributed by atoms with E-state index >= 15 is 0 Å². The van der Waals surface area contributed by atoms with E-state index in [1.54, 1.807) is 6.20 Å². The molecule has 0 aliphatic carbocycles. The van der Waals surface area contributed by atoms with Crippen molar-refractivity contribution < 1.29 is 22.0 Å². The topological polar surface area (TPSA) is 73.5 Å². The Hall–Kier alpha value is -1.48. The molecule has 6 nitrogen and oxygen atoms in total. The summed E-state index contributed by atoms with van der Waals surface area (Å²) in [6.07, 6.45) is 2.23. The van der Waals surface area contributed by atoms with Crippen LogP contribution in [-0.2, 0) is 10.0 Å². The number of carbonyl (C=O) groups is 1. The molecule has 0 bridgehead atoms. The quantitative estimate of drug-likeness (QED) is 0.877.